The average Bonchev–Trinajstić information content (AvgIpc) is 2.87. The fourth-order valence-electron chi connectivity index (χ4n) is 1.95. The molecule has 0 aliphatic heterocycles. The maximum absolute atomic E-state index is 12.8. The van der Waals surface area contributed by atoms with Crippen molar-refractivity contribution < 1.29 is 107 Å². The highest BCUT2D eigenvalue weighted by molar-refractivity contribution is 7.48. The van der Waals surface area contributed by atoms with Crippen LogP contribution in [0.4, 0.5) is 8.78 Å². The van der Waals surface area contributed by atoms with Gasteiger partial charge in [0.1, 0.15) is 0 Å². The van der Waals surface area contributed by atoms with Gasteiger partial charge in [-0.3, -0.25) is 49.5 Å². The normalized spacial score (nSPS) is 19.7. The van der Waals surface area contributed by atoms with E-state index in [-0.39, 0.29) is 0 Å². The van der Waals surface area contributed by atoms with Gasteiger partial charge in [0.15, 0.2) is 0 Å². The molecule has 0 aromatic rings. The van der Waals surface area contributed by atoms with Crippen LogP contribution in [0.15, 0.2) is 0 Å². The van der Waals surface area contributed by atoms with Gasteiger partial charge >= 0.3 is 39.1 Å². The minimum absolute atomic E-state index is 0.643. The molecule has 0 amide bonds. The van der Waals surface area contributed by atoms with Crippen molar-refractivity contribution in [1.29, 1.82) is 0 Å². The molecule has 6 unspecified atom stereocenters. The van der Waals surface area contributed by atoms with Gasteiger partial charge in [-0.05, 0) is 0 Å². The molecule has 0 aromatic carbocycles. The first-order valence-electron chi connectivity index (χ1n) is 11.2. The topological polar surface area (TPSA) is 310 Å². The first kappa shape index (κ1) is 42.4. The van der Waals surface area contributed by atoms with Gasteiger partial charge in [-0.2, -0.15) is 0 Å². The van der Waals surface area contributed by atoms with Gasteiger partial charge < -0.3 is 34.5 Å². The van der Waals surface area contributed by atoms with Crippen molar-refractivity contribution in [2.45, 2.75) is 0 Å². The quantitative estimate of drug-likeness (QED) is 0.0454. The Balaban J connectivity index is 4.21. The molecule has 21 nitrogen and oxygen atoms in total. The predicted octanol–water partition coefficient (Wildman–Crippen LogP) is 0.794. The van der Waals surface area contributed by atoms with Crippen LogP contribution in [0.5, 0.6) is 0 Å². The van der Waals surface area contributed by atoms with E-state index in [9.17, 15) is 51.2 Å². The van der Waals surface area contributed by atoms with Crippen LogP contribution in [-0.2, 0) is 63.5 Å². The summed E-state index contributed by atoms with van der Waals surface area (Å²) in [6.45, 7) is -10.1. The zero-order valence-electron chi connectivity index (χ0n) is 21.5. The van der Waals surface area contributed by atoms with Gasteiger partial charge in [0, 0.05) is 11.8 Å². The fraction of sp³-hybridized carbons (Fsp3) is 1.00. The second kappa shape index (κ2) is 20.5. The molecule has 0 heterocycles. The number of phosphoric acid groups is 5. The lowest BCUT2D eigenvalue weighted by Gasteiger charge is -2.17. The third kappa shape index (κ3) is 23.7. The van der Waals surface area contributed by atoms with Crippen molar-refractivity contribution >= 4 is 39.1 Å². The smallest absolute Gasteiger partial charge is 0.396 e. The summed E-state index contributed by atoms with van der Waals surface area (Å²) in [6.07, 6.45) is 0. The largest absolute Gasteiger partial charge is 0.472 e. The molecule has 0 aliphatic rings. The number of phosphoric ester groups is 5. The lowest BCUT2D eigenvalue weighted by molar-refractivity contribution is 0.0699. The van der Waals surface area contributed by atoms with Gasteiger partial charge in [0.25, 0.3) is 0 Å². The third-order valence-electron chi connectivity index (χ3n) is 3.90. The van der Waals surface area contributed by atoms with Crippen LogP contribution in [0.25, 0.3) is 0 Å². The van der Waals surface area contributed by atoms with Crippen molar-refractivity contribution in [3.05, 3.63) is 0 Å². The van der Waals surface area contributed by atoms with E-state index >= 15 is 0 Å². The highest BCUT2D eigenvalue weighted by Gasteiger charge is 2.28. The van der Waals surface area contributed by atoms with E-state index in [1.165, 1.54) is 0 Å². The van der Waals surface area contributed by atoms with Crippen LogP contribution in [0.2, 0.25) is 0 Å². The highest BCUT2D eigenvalue weighted by Crippen LogP contribution is 2.48. The Bertz CT molecular complexity index is 992. The molecule has 6 atom stereocenters. The second-order valence-corrected chi connectivity index (χ2v) is 14.5. The van der Waals surface area contributed by atoms with Crippen molar-refractivity contribution in [2.24, 2.45) is 11.8 Å². The minimum Gasteiger partial charge on any atom is -0.396 e. The molecule has 0 spiro atoms. The molecule has 0 rings (SSSR count). The van der Waals surface area contributed by atoms with E-state index in [1.54, 1.807) is 0 Å². The van der Waals surface area contributed by atoms with E-state index in [1.807, 2.05) is 0 Å². The summed E-state index contributed by atoms with van der Waals surface area (Å²) in [5.74, 6) is -2.40. The fourth-order valence-corrected chi connectivity index (χ4v) is 5.28. The maximum atomic E-state index is 12.8. The lowest BCUT2D eigenvalue weighted by atomic mass is 10.2. The predicted molar refractivity (Wildman–Crippen MR) is 131 cm³/mol. The van der Waals surface area contributed by atoms with Crippen LogP contribution in [0.1, 0.15) is 0 Å². The van der Waals surface area contributed by atoms with Crippen LogP contribution in [0.3, 0.4) is 0 Å². The number of hydrogen-bond donors (Lipinski definition) is 7. The number of hydrogen-bond acceptors (Lipinski definition) is 15. The molecule has 0 radical (unpaired) electrons. The zero-order chi connectivity index (χ0) is 32.5. The van der Waals surface area contributed by atoms with Crippen LogP contribution in [-0.4, -0.2) is 114 Å². The Morgan fingerprint density at radius 3 is 0.976 bits per heavy atom. The molecule has 0 bridgehead atoms. The first-order valence-corrected chi connectivity index (χ1v) is 18.7. The van der Waals surface area contributed by atoms with E-state index in [0.717, 1.165) is 0 Å². The second-order valence-electron chi connectivity index (χ2n) is 7.47. The summed E-state index contributed by atoms with van der Waals surface area (Å²) in [7, 11) is -24.1. The molecule has 0 saturated heterocycles. The SMILES string of the molecule is O=P(O)(O)OCC(CF)COP(=O)(O)OCCOP(=O)(O)OCCOP(=O)(O)OCCOP(=O)(O)OCC(CO)CF. The Morgan fingerprint density at radius 1 is 0.452 bits per heavy atom. The molecule has 0 saturated carbocycles. The van der Waals surface area contributed by atoms with Gasteiger partial charge in [-0.25, -0.2) is 22.8 Å². The number of aliphatic hydroxyl groups excluding tert-OH is 1. The van der Waals surface area contributed by atoms with Gasteiger partial charge in [-0.1, -0.05) is 0 Å². The number of aliphatic hydroxyl groups is 1. The van der Waals surface area contributed by atoms with Crippen molar-refractivity contribution in [1.82, 2.24) is 0 Å². The molecular weight excluding hydrogens is 697 g/mol. The van der Waals surface area contributed by atoms with E-state index in [0.29, 0.717) is 0 Å². The average molecular weight is 730 g/mol. The standard InChI is InChI=1S/C14H33F2O21P5/c15-7-13(9-17)10-36-41(25,26)33-5-3-31-39(21,22)29-1-2-30-40(23,24)32-4-6-34-42(27,28)37-12-14(8-16)11-35-38(18,19)20/h13-14,17H,1-12H2,(H,21,22)(H,23,24)(H,25,26)(H,27,28)(H2,18,19,20). The molecule has 254 valence electrons. The number of rotatable bonds is 27. The number of alkyl halides is 2. The molecule has 0 aliphatic carbocycles. The molecule has 28 heteroatoms. The Morgan fingerprint density at radius 2 is 0.714 bits per heavy atom. The summed E-state index contributed by atoms with van der Waals surface area (Å²) in [5, 5.41) is 8.78. The maximum Gasteiger partial charge on any atom is 0.472 e. The summed E-state index contributed by atoms with van der Waals surface area (Å²) in [4.78, 5) is 55.0. The van der Waals surface area contributed by atoms with E-state index in [2.05, 4.69) is 40.7 Å². The van der Waals surface area contributed by atoms with Crippen LogP contribution < -0.4 is 0 Å². The highest BCUT2D eigenvalue weighted by atomic mass is 31.2. The molecule has 0 aromatic heterocycles. The van der Waals surface area contributed by atoms with Crippen LogP contribution in [0, 0.1) is 11.8 Å². The molecule has 42 heavy (non-hydrogen) atoms. The monoisotopic (exact) mass is 730 g/mol. The summed E-state index contributed by atoms with van der Waals surface area (Å²) in [5.41, 5.74) is 0. The Kier molecular flexibility index (Phi) is 20.7. The van der Waals surface area contributed by atoms with E-state index < -0.39 is 130 Å². The van der Waals surface area contributed by atoms with Crippen molar-refractivity contribution in [2.75, 3.05) is 79.4 Å². The number of halogens is 2. The molecular formula is C14H33F2O21P5. The lowest BCUT2D eigenvalue weighted by Crippen LogP contribution is -2.17. The molecule has 0 fully saturated rings. The van der Waals surface area contributed by atoms with E-state index in [4.69, 9.17) is 14.9 Å². The Labute approximate surface area is 237 Å². The van der Waals surface area contributed by atoms with Gasteiger partial charge in [0.2, 0.25) is 0 Å². The van der Waals surface area contributed by atoms with Gasteiger partial charge in [-0.15, -0.1) is 0 Å². The minimum atomic E-state index is -4.91. The first-order chi connectivity index (χ1) is 19.3. The summed E-state index contributed by atoms with van der Waals surface area (Å²) < 4.78 is 122. The van der Waals surface area contributed by atoms with Crippen molar-refractivity contribution in [3.8, 4) is 0 Å². The van der Waals surface area contributed by atoms with Gasteiger partial charge in [0.05, 0.1) is 79.4 Å². The summed E-state index contributed by atoms with van der Waals surface area (Å²) in [6, 6.07) is 0. The van der Waals surface area contributed by atoms with Crippen LogP contribution >= 0.6 is 39.1 Å². The molecule has 7 N–H and O–H groups in total. The zero-order valence-corrected chi connectivity index (χ0v) is 26.0. The van der Waals surface area contributed by atoms with Crippen molar-refractivity contribution in [3.63, 3.8) is 0 Å². The Hall–Kier alpha value is 0.370. The third-order valence-corrected chi connectivity index (χ3v) is 8.39. The summed E-state index contributed by atoms with van der Waals surface area (Å²) >= 11 is 0.